The molecule has 1 unspecified atom stereocenters. The lowest BCUT2D eigenvalue weighted by Crippen LogP contribution is -2.05. The molecule has 16 heavy (non-hydrogen) atoms. The highest BCUT2D eigenvalue weighted by Gasteiger charge is 2.14. The van der Waals surface area contributed by atoms with Gasteiger partial charge in [0.05, 0.1) is 5.56 Å². The molecule has 0 spiro atoms. The summed E-state index contributed by atoms with van der Waals surface area (Å²) in [4.78, 5) is 11.8. The van der Waals surface area contributed by atoms with Crippen molar-refractivity contribution < 1.29 is 15.0 Å². The Hall–Kier alpha value is -0.520. The normalized spacial score (nSPS) is 12.4. The van der Waals surface area contributed by atoms with Gasteiger partial charge in [0.25, 0.3) is 0 Å². The van der Waals surface area contributed by atoms with E-state index in [4.69, 9.17) is 10.2 Å². The van der Waals surface area contributed by atoms with Crippen LogP contribution in [0.1, 0.15) is 17.3 Å². The van der Waals surface area contributed by atoms with Crippen molar-refractivity contribution in [3.63, 3.8) is 0 Å². The SMILES string of the molecule is CC(CO)CSc1cccc(Br)c1C(=O)O. The van der Waals surface area contributed by atoms with Crippen LogP contribution in [0.25, 0.3) is 0 Å². The summed E-state index contributed by atoms with van der Waals surface area (Å²) < 4.78 is 0.585. The summed E-state index contributed by atoms with van der Waals surface area (Å²) >= 11 is 4.68. The third-order valence-corrected chi connectivity index (χ3v) is 4.07. The lowest BCUT2D eigenvalue weighted by molar-refractivity contribution is 0.0692. The summed E-state index contributed by atoms with van der Waals surface area (Å²) in [5, 5.41) is 18.0. The van der Waals surface area contributed by atoms with Crippen molar-refractivity contribution in [1.29, 1.82) is 0 Å². The summed E-state index contributed by atoms with van der Waals surface area (Å²) in [6.07, 6.45) is 0. The largest absolute Gasteiger partial charge is 0.478 e. The smallest absolute Gasteiger partial charge is 0.337 e. The second-order valence-corrected chi connectivity index (χ2v) is 5.43. The Bertz CT molecular complexity index is 381. The number of hydrogen-bond donors (Lipinski definition) is 2. The van der Waals surface area contributed by atoms with Gasteiger partial charge in [-0.05, 0) is 34.0 Å². The van der Waals surface area contributed by atoms with Crippen LogP contribution in [-0.2, 0) is 0 Å². The number of thioether (sulfide) groups is 1. The van der Waals surface area contributed by atoms with Gasteiger partial charge in [-0.3, -0.25) is 0 Å². The first kappa shape index (κ1) is 13.5. The minimum absolute atomic E-state index is 0.114. The first-order valence-corrected chi connectivity index (χ1v) is 6.59. The first-order valence-electron chi connectivity index (χ1n) is 4.81. The van der Waals surface area contributed by atoms with E-state index in [1.165, 1.54) is 11.8 Å². The van der Waals surface area contributed by atoms with Gasteiger partial charge in [0.15, 0.2) is 0 Å². The van der Waals surface area contributed by atoms with Crippen LogP contribution in [0.4, 0.5) is 0 Å². The predicted molar refractivity (Wildman–Crippen MR) is 68.1 cm³/mol. The summed E-state index contributed by atoms with van der Waals surface area (Å²) in [5.74, 6) is -0.0787. The molecule has 5 heteroatoms. The highest BCUT2D eigenvalue weighted by atomic mass is 79.9. The second kappa shape index (κ2) is 6.27. The van der Waals surface area contributed by atoms with Crippen molar-refractivity contribution in [3.8, 4) is 0 Å². The minimum Gasteiger partial charge on any atom is -0.478 e. The van der Waals surface area contributed by atoms with E-state index in [1.54, 1.807) is 12.1 Å². The molecule has 0 saturated heterocycles. The van der Waals surface area contributed by atoms with Crippen LogP contribution in [0.3, 0.4) is 0 Å². The van der Waals surface area contributed by atoms with Gasteiger partial charge >= 0.3 is 5.97 Å². The van der Waals surface area contributed by atoms with E-state index >= 15 is 0 Å². The Labute approximate surface area is 107 Å². The fourth-order valence-electron chi connectivity index (χ4n) is 1.12. The topological polar surface area (TPSA) is 57.5 Å². The third kappa shape index (κ3) is 3.50. The Morgan fingerprint density at radius 3 is 2.81 bits per heavy atom. The maximum Gasteiger partial charge on any atom is 0.337 e. The average molecular weight is 305 g/mol. The molecule has 3 nitrogen and oxygen atoms in total. The molecule has 0 saturated carbocycles. The number of benzene rings is 1. The maximum atomic E-state index is 11.1. The predicted octanol–water partition coefficient (Wildman–Crippen LogP) is 2.87. The zero-order valence-electron chi connectivity index (χ0n) is 8.81. The van der Waals surface area contributed by atoms with Crippen LogP contribution < -0.4 is 0 Å². The molecule has 1 aromatic carbocycles. The molecule has 0 heterocycles. The van der Waals surface area contributed by atoms with E-state index in [-0.39, 0.29) is 18.1 Å². The van der Waals surface area contributed by atoms with E-state index in [1.807, 2.05) is 13.0 Å². The summed E-state index contributed by atoms with van der Waals surface area (Å²) in [6.45, 7) is 2.04. The monoisotopic (exact) mass is 304 g/mol. The number of carboxylic acid groups (broad SMARTS) is 1. The van der Waals surface area contributed by atoms with Crippen molar-refractivity contribution in [1.82, 2.24) is 0 Å². The number of aliphatic hydroxyl groups is 1. The van der Waals surface area contributed by atoms with E-state index < -0.39 is 5.97 Å². The van der Waals surface area contributed by atoms with E-state index in [0.717, 1.165) is 4.90 Å². The quantitative estimate of drug-likeness (QED) is 0.821. The molecule has 1 aromatic rings. The Balaban J connectivity index is 2.87. The molecule has 88 valence electrons. The van der Waals surface area contributed by atoms with Gasteiger partial charge in [0.1, 0.15) is 0 Å². The molecule has 1 atom stereocenters. The summed E-state index contributed by atoms with van der Waals surface area (Å²) in [5.41, 5.74) is 0.289. The maximum absolute atomic E-state index is 11.1. The molecular weight excluding hydrogens is 292 g/mol. The fraction of sp³-hybridized carbons (Fsp3) is 0.364. The van der Waals surface area contributed by atoms with Gasteiger partial charge in [-0.25, -0.2) is 4.79 Å². The van der Waals surface area contributed by atoms with E-state index in [9.17, 15) is 4.79 Å². The third-order valence-electron chi connectivity index (χ3n) is 2.02. The molecule has 0 aliphatic rings. The number of hydrogen-bond acceptors (Lipinski definition) is 3. The van der Waals surface area contributed by atoms with Crippen molar-refractivity contribution >= 4 is 33.7 Å². The fourth-order valence-corrected chi connectivity index (χ4v) is 2.87. The van der Waals surface area contributed by atoms with Crippen LogP contribution in [0.2, 0.25) is 0 Å². The standard InChI is InChI=1S/C11H13BrO3S/c1-7(5-13)6-16-9-4-2-3-8(12)10(9)11(14)15/h2-4,7,13H,5-6H2,1H3,(H,14,15). The van der Waals surface area contributed by atoms with Crippen molar-refractivity contribution in [2.24, 2.45) is 5.92 Å². The van der Waals surface area contributed by atoms with Crippen molar-refractivity contribution in [3.05, 3.63) is 28.2 Å². The number of aliphatic hydroxyl groups excluding tert-OH is 1. The number of rotatable bonds is 5. The van der Waals surface area contributed by atoms with Gasteiger partial charge in [0.2, 0.25) is 0 Å². The Morgan fingerprint density at radius 2 is 2.25 bits per heavy atom. The highest BCUT2D eigenvalue weighted by molar-refractivity contribution is 9.10. The zero-order valence-corrected chi connectivity index (χ0v) is 11.2. The number of carbonyl (C=O) groups is 1. The second-order valence-electron chi connectivity index (χ2n) is 3.52. The van der Waals surface area contributed by atoms with E-state index in [2.05, 4.69) is 15.9 Å². The molecule has 1 rings (SSSR count). The van der Waals surface area contributed by atoms with Crippen LogP contribution >= 0.6 is 27.7 Å². The molecular formula is C11H13BrO3S. The zero-order chi connectivity index (χ0) is 12.1. The van der Waals surface area contributed by atoms with Gasteiger partial charge in [-0.15, -0.1) is 11.8 Å². The minimum atomic E-state index is -0.938. The first-order chi connectivity index (χ1) is 7.56. The molecule has 0 bridgehead atoms. The van der Waals surface area contributed by atoms with Crippen LogP contribution in [0.15, 0.2) is 27.6 Å². The molecule has 0 radical (unpaired) electrons. The Kier molecular flexibility index (Phi) is 5.31. The number of carboxylic acids is 1. The van der Waals surface area contributed by atoms with Crippen LogP contribution in [0, 0.1) is 5.92 Å². The lowest BCUT2D eigenvalue weighted by atomic mass is 10.2. The number of aromatic carboxylic acids is 1. The van der Waals surface area contributed by atoms with Crippen LogP contribution in [-0.4, -0.2) is 28.5 Å². The molecule has 0 fully saturated rings. The van der Waals surface area contributed by atoms with Gasteiger partial charge in [0, 0.05) is 21.7 Å². The van der Waals surface area contributed by atoms with Gasteiger partial charge in [-0.2, -0.15) is 0 Å². The average Bonchev–Trinajstić information content (AvgIpc) is 2.25. The Morgan fingerprint density at radius 1 is 1.56 bits per heavy atom. The molecule has 2 N–H and O–H groups in total. The molecule has 0 aliphatic carbocycles. The summed E-state index contributed by atoms with van der Waals surface area (Å²) in [6, 6.07) is 5.30. The van der Waals surface area contributed by atoms with Gasteiger partial charge in [-0.1, -0.05) is 13.0 Å². The van der Waals surface area contributed by atoms with Crippen molar-refractivity contribution in [2.45, 2.75) is 11.8 Å². The van der Waals surface area contributed by atoms with Gasteiger partial charge < -0.3 is 10.2 Å². The highest BCUT2D eigenvalue weighted by Crippen LogP contribution is 2.29. The van der Waals surface area contributed by atoms with Crippen molar-refractivity contribution in [2.75, 3.05) is 12.4 Å². The molecule has 0 aromatic heterocycles. The number of halogens is 1. The lowest BCUT2D eigenvalue weighted by Gasteiger charge is -2.10. The van der Waals surface area contributed by atoms with E-state index in [0.29, 0.717) is 10.2 Å². The summed E-state index contributed by atoms with van der Waals surface area (Å²) in [7, 11) is 0. The van der Waals surface area contributed by atoms with Crippen LogP contribution in [0.5, 0.6) is 0 Å². The molecule has 0 amide bonds. The molecule has 0 aliphatic heterocycles.